The summed E-state index contributed by atoms with van der Waals surface area (Å²) in [6.45, 7) is 5.07. The number of hydrogen-bond acceptors (Lipinski definition) is 2. The maximum absolute atomic E-state index is 9.41. The molecule has 0 amide bonds. The van der Waals surface area contributed by atoms with Gasteiger partial charge in [0.05, 0.1) is 17.3 Å². The van der Waals surface area contributed by atoms with E-state index in [4.69, 9.17) is 5.80 Å². The Morgan fingerprint density at radius 1 is 1.46 bits per heavy atom. The third kappa shape index (κ3) is 2.37. The zero-order chi connectivity index (χ0) is 17.6. The lowest BCUT2D eigenvalue weighted by atomic mass is 9.52. The lowest BCUT2D eigenvalue weighted by Gasteiger charge is -2.52. The minimum atomic E-state index is -0.241. The molecule has 130 valence electrons. The summed E-state index contributed by atoms with van der Waals surface area (Å²) in [5, 5.41) is 9.41. The van der Waals surface area contributed by atoms with E-state index < -0.39 is 0 Å². The molecule has 0 spiro atoms. The van der Waals surface area contributed by atoms with E-state index in [0.29, 0.717) is 17.3 Å². The molecule has 1 aromatic carbocycles. The summed E-state index contributed by atoms with van der Waals surface area (Å²) in [5.74, 6) is 3.70. The number of rotatable bonds is 3. The molecule has 6 atom stereocenters. The minimum absolute atomic E-state index is 0.184. The van der Waals surface area contributed by atoms with Crippen molar-refractivity contribution in [3.63, 3.8) is 0 Å². The van der Waals surface area contributed by atoms with Gasteiger partial charge in [0.2, 0.25) is 0 Å². The normalized spacial score (nSPS) is 40.3. The monoisotopic (exact) mass is 346 g/mol. The first-order valence-electron chi connectivity index (χ1n) is 9.85. The van der Waals surface area contributed by atoms with Gasteiger partial charge in [-0.3, -0.25) is 0 Å². The molecule has 5 unspecified atom stereocenters. The van der Waals surface area contributed by atoms with Crippen LogP contribution in [0.15, 0.2) is 29.8 Å². The lowest BCUT2D eigenvalue weighted by Crippen LogP contribution is -2.43. The van der Waals surface area contributed by atoms with Gasteiger partial charge in [0.25, 0.3) is 0 Å². The first-order valence-corrected chi connectivity index (χ1v) is 9.76. The largest absolute Gasteiger partial charge is 0.480 e. The van der Waals surface area contributed by atoms with Crippen LogP contribution in [0.3, 0.4) is 0 Å². The van der Waals surface area contributed by atoms with E-state index in [1.165, 1.54) is 42.4 Å². The molecule has 3 aliphatic carbocycles. The third-order valence-corrected chi connectivity index (χ3v) is 7.58. The van der Waals surface area contributed by atoms with E-state index in [9.17, 15) is 5.11 Å². The van der Waals surface area contributed by atoms with Crippen LogP contribution in [0.2, 0.25) is 0 Å². The number of hydrogen-bond donors (Lipinski definition) is 1. The van der Waals surface area contributed by atoms with Crippen LogP contribution < -0.4 is 4.52 Å². The van der Waals surface area contributed by atoms with Gasteiger partial charge in [-0.15, -0.1) is 0 Å². The van der Waals surface area contributed by atoms with E-state index in [1.807, 2.05) is 0 Å². The van der Waals surface area contributed by atoms with Crippen molar-refractivity contribution < 1.29 is 9.63 Å². The second-order valence-electron chi connectivity index (χ2n) is 8.34. The molecule has 3 aliphatic rings. The fourth-order valence-electron chi connectivity index (χ4n) is 6.31. The minimum Gasteiger partial charge on any atom is -0.480 e. The van der Waals surface area contributed by atoms with E-state index in [2.05, 4.69) is 38.1 Å². The van der Waals surface area contributed by atoms with Gasteiger partial charge in [-0.2, -0.15) is 0 Å². The second-order valence-corrected chi connectivity index (χ2v) is 8.55. The Labute approximate surface area is 149 Å². The van der Waals surface area contributed by atoms with Gasteiger partial charge in [0.15, 0.2) is 0 Å². The molecule has 1 aromatic rings. The quantitative estimate of drug-likeness (QED) is 0.624. The Kier molecular flexibility index (Phi) is 3.95. The van der Waals surface area contributed by atoms with Crippen molar-refractivity contribution in [3.05, 3.63) is 41.0 Å². The predicted molar refractivity (Wildman–Crippen MR) is 101 cm³/mol. The van der Waals surface area contributed by atoms with Crippen molar-refractivity contribution in [2.45, 2.75) is 51.9 Å². The summed E-state index contributed by atoms with van der Waals surface area (Å²) in [7, 11) is -0.241. The Morgan fingerprint density at radius 2 is 2.33 bits per heavy atom. The van der Waals surface area contributed by atoms with Crippen molar-refractivity contribution >= 4 is 9.41 Å². The highest BCUT2D eigenvalue weighted by Gasteiger charge is 2.54. The zero-order valence-electron chi connectivity index (χ0n) is 15.7. The lowest BCUT2D eigenvalue weighted by molar-refractivity contribution is 0.0488. The Morgan fingerprint density at radius 3 is 3.12 bits per heavy atom. The summed E-state index contributed by atoms with van der Waals surface area (Å²) in [6, 6.07) is 6.52. The number of benzene rings is 1. The number of allylic oxidation sites excluding steroid dienone is 1. The molecule has 3 heteroatoms. The van der Waals surface area contributed by atoms with Crippen molar-refractivity contribution in [1.82, 2.24) is 0 Å². The fraction of sp³-hybridized carbons (Fsp3) is 0.619. The number of fused-ring (bicyclic) bond motifs is 5. The van der Waals surface area contributed by atoms with Gasteiger partial charge in [0, 0.05) is 0 Å². The smallest absolute Gasteiger partial charge is 0.122 e. The average Bonchev–Trinajstić information content (AvgIpc) is 2.92. The van der Waals surface area contributed by atoms with Gasteiger partial charge >= 0.3 is 0 Å². The molecule has 0 aliphatic heterocycles. The summed E-state index contributed by atoms with van der Waals surface area (Å²) in [6.07, 6.45) is 8.15. The van der Waals surface area contributed by atoms with Crippen molar-refractivity contribution in [2.75, 3.05) is 6.61 Å². The molecule has 0 bridgehead atoms. The molecule has 1 N–H and O–H groups in total. The highest BCUT2D eigenvalue weighted by molar-refractivity contribution is 7.10. The van der Waals surface area contributed by atoms with E-state index in [1.54, 1.807) is 0 Å². The summed E-state index contributed by atoms with van der Waals surface area (Å²) >= 11 is 0. The van der Waals surface area contributed by atoms with E-state index in [-0.39, 0.29) is 16.0 Å². The Bertz CT molecular complexity index is 688. The van der Waals surface area contributed by atoms with Gasteiger partial charge in [0.1, 0.15) is 5.75 Å². The van der Waals surface area contributed by atoms with Crippen LogP contribution in [-0.4, -0.2) is 13.0 Å². The van der Waals surface area contributed by atoms with Crippen molar-refractivity contribution in [2.24, 2.45) is 23.2 Å². The van der Waals surface area contributed by atoms with Crippen LogP contribution in [0, 0.1) is 23.2 Å². The van der Waals surface area contributed by atoms with E-state index >= 15 is 0 Å². The van der Waals surface area contributed by atoms with Crippen LogP contribution in [0.25, 0.3) is 0 Å². The number of aliphatic hydroxyl groups excluding tert-OH is 1. The molecular weight excluding hydrogens is 315 g/mol. The molecule has 2 saturated carbocycles. The van der Waals surface area contributed by atoms with E-state index in [0.717, 1.165) is 24.0 Å². The first-order chi connectivity index (χ1) is 12.1. The Hall–Kier alpha value is -0.850. The zero-order valence-corrected chi connectivity index (χ0v) is 15.7. The topological polar surface area (TPSA) is 29.5 Å². The summed E-state index contributed by atoms with van der Waals surface area (Å²) in [4.78, 5) is 0. The van der Waals surface area contributed by atoms with Gasteiger partial charge < -0.3 is 9.63 Å². The van der Waals surface area contributed by atoms with Crippen molar-refractivity contribution in [1.29, 1.82) is 1.28 Å². The molecule has 2 nitrogen and oxygen atoms in total. The molecule has 0 heterocycles. The van der Waals surface area contributed by atoms with Crippen LogP contribution >= 0.6 is 9.41 Å². The average molecular weight is 346 g/mol. The molecule has 2 fully saturated rings. The maximum atomic E-state index is 9.41. The second kappa shape index (κ2) is 6.15. The van der Waals surface area contributed by atoms with Gasteiger partial charge in [-0.25, -0.2) is 0 Å². The van der Waals surface area contributed by atoms with Crippen LogP contribution in [0.4, 0.5) is 0 Å². The van der Waals surface area contributed by atoms with Gasteiger partial charge in [-0.1, -0.05) is 31.6 Å². The van der Waals surface area contributed by atoms with Crippen LogP contribution in [-0.2, 0) is 6.42 Å². The highest BCUT2D eigenvalue weighted by atomic mass is 31.0. The standard InChI is InChI=1S/C21H29O2P/c1-13-11-14-12-16(23-24)4-5-17(14)18-7-9-21(2)15(8-10-22)3-6-19(21)20(13)18/h4-5,8,12-13,18-20,22H,3,6-7,9-11,24H2,1-2H3/b15-8+/t13-,18?,19?,20?,21?/m1/s1/i24T/t13-,18?,19?,20?,21?,24?. The third-order valence-electron chi connectivity index (χ3n) is 7.35. The van der Waals surface area contributed by atoms with Gasteiger partial charge in [-0.05, 0) is 84.5 Å². The molecule has 24 heavy (non-hydrogen) atoms. The number of aliphatic hydroxyl groups is 1. The maximum Gasteiger partial charge on any atom is 0.122 e. The van der Waals surface area contributed by atoms with Crippen LogP contribution in [0.1, 0.15) is 56.6 Å². The summed E-state index contributed by atoms with van der Waals surface area (Å²) in [5.41, 5.74) is 4.78. The van der Waals surface area contributed by atoms with Crippen molar-refractivity contribution in [3.8, 4) is 5.75 Å². The predicted octanol–water partition coefficient (Wildman–Crippen LogP) is 4.88. The summed E-state index contributed by atoms with van der Waals surface area (Å²) < 4.78 is 12.7. The molecular formula is C21H29O2P. The molecule has 0 aromatic heterocycles. The molecule has 0 saturated heterocycles. The highest BCUT2D eigenvalue weighted by Crippen LogP contribution is 2.63. The molecule has 4 rings (SSSR count). The Balaban J connectivity index is 1.68. The molecule has 0 radical (unpaired) electrons. The first kappa shape index (κ1) is 15.4. The fourth-order valence-corrected chi connectivity index (χ4v) is 6.44. The van der Waals surface area contributed by atoms with Crippen LogP contribution in [0.5, 0.6) is 5.75 Å². The SMILES string of the molecule is [3H]POc1ccc2c(c1)C[C@@H](C)C1C2CCC2(C)/C(=C/CO)CCC12.